The average Bonchev–Trinajstić information content (AvgIpc) is 2.41. The van der Waals surface area contributed by atoms with Crippen molar-refractivity contribution in [3.8, 4) is 5.75 Å². The van der Waals surface area contributed by atoms with Gasteiger partial charge in [-0.2, -0.15) is 0 Å². The Kier molecular flexibility index (Phi) is 5.04. The summed E-state index contributed by atoms with van der Waals surface area (Å²) in [5.41, 5.74) is 0.684. The van der Waals surface area contributed by atoms with Crippen molar-refractivity contribution < 1.29 is 9.53 Å². The Bertz CT molecular complexity index is 601. The molecule has 0 unspecified atom stereocenters. The molecule has 1 amide bonds. The van der Waals surface area contributed by atoms with Crippen LogP contribution in [0.3, 0.4) is 0 Å². The van der Waals surface area contributed by atoms with Crippen molar-refractivity contribution in [1.29, 1.82) is 0 Å². The zero-order valence-corrected chi connectivity index (χ0v) is 13.1. The maximum atomic E-state index is 12.0. The van der Waals surface area contributed by atoms with E-state index in [1.807, 2.05) is 18.2 Å². The maximum Gasteiger partial charge on any atom is 0.265 e. The fourth-order valence-electron chi connectivity index (χ4n) is 1.58. The molecule has 0 aromatic heterocycles. The normalized spacial score (nSPS) is 11.8. The van der Waals surface area contributed by atoms with Gasteiger partial charge in [0.2, 0.25) is 0 Å². The first-order chi connectivity index (χ1) is 9.54. The summed E-state index contributed by atoms with van der Waals surface area (Å²) in [6.07, 6.45) is -0.597. The van der Waals surface area contributed by atoms with Crippen LogP contribution in [0.25, 0.3) is 0 Å². The van der Waals surface area contributed by atoms with Gasteiger partial charge in [-0.05, 0) is 49.4 Å². The molecule has 0 bridgehead atoms. The summed E-state index contributed by atoms with van der Waals surface area (Å²) in [5, 5.41) is 3.40. The van der Waals surface area contributed by atoms with Gasteiger partial charge in [-0.25, -0.2) is 0 Å². The highest BCUT2D eigenvalue weighted by molar-refractivity contribution is 9.10. The number of carbonyl (C=O) groups is 1. The van der Waals surface area contributed by atoms with Gasteiger partial charge in [0, 0.05) is 15.2 Å². The predicted octanol–water partition coefficient (Wildman–Crippen LogP) is 4.51. The van der Waals surface area contributed by atoms with Gasteiger partial charge >= 0.3 is 0 Å². The Hall–Kier alpha value is -1.52. The number of carbonyl (C=O) groups excluding carboxylic acids is 1. The molecular weight excluding hydrogens is 342 g/mol. The summed E-state index contributed by atoms with van der Waals surface area (Å²) in [4.78, 5) is 12.0. The Morgan fingerprint density at radius 1 is 1.25 bits per heavy atom. The van der Waals surface area contributed by atoms with Crippen molar-refractivity contribution in [2.75, 3.05) is 5.32 Å². The average molecular weight is 355 g/mol. The molecule has 0 aliphatic carbocycles. The number of benzene rings is 2. The predicted molar refractivity (Wildman–Crippen MR) is 84.3 cm³/mol. The molecule has 5 heteroatoms. The monoisotopic (exact) mass is 353 g/mol. The Morgan fingerprint density at radius 2 is 1.95 bits per heavy atom. The maximum absolute atomic E-state index is 12.0. The second kappa shape index (κ2) is 6.77. The summed E-state index contributed by atoms with van der Waals surface area (Å²) >= 11 is 9.15. The van der Waals surface area contributed by atoms with E-state index in [9.17, 15) is 4.79 Å². The van der Waals surface area contributed by atoms with Crippen LogP contribution in [0.1, 0.15) is 6.92 Å². The molecule has 0 aliphatic heterocycles. The van der Waals surface area contributed by atoms with Crippen LogP contribution in [0, 0.1) is 0 Å². The van der Waals surface area contributed by atoms with Crippen LogP contribution in [-0.2, 0) is 4.79 Å². The lowest BCUT2D eigenvalue weighted by Gasteiger charge is -2.15. The van der Waals surface area contributed by atoms with Gasteiger partial charge in [0.05, 0.1) is 0 Å². The number of halogens is 2. The molecule has 20 heavy (non-hydrogen) atoms. The topological polar surface area (TPSA) is 38.3 Å². The van der Waals surface area contributed by atoms with Gasteiger partial charge in [-0.1, -0.05) is 33.6 Å². The van der Waals surface area contributed by atoms with Crippen molar-refractivity contribution in [2.24, 2.45) is 0 Å². The molecule has 1 N–H and O–H groups in total. The number of ether oxygens (including phenoxy) is 1. The van der Waals surface area contributed by atoms with E-state index >= 15 is 0 Å². The van der Waals surface area contributed by atoms with E-state index in [0.29, 0.717) is 16.5 Å². The summed E-state index contributed by atoms with van der Waals surface area (Å²) in [5.74, 6) is 0.422. The Morgan fingerprint density at radius 3 is 2.60 bits per heavy atom. The standard InChI is InChI=1S/C15H13BrClNO2/c1-10(20-14-4-2-3-11(16)9-14)15(19)18-13-7-5-12(17)6-8-13/h2-10H,1H3,(H,18,19)/t10-/m1/s1. The number of nitrogens with one attached hydrogen (secondary N) is 1. The van der Waals surface area contributed by atoms with Gasteiger partial charge in [0.1, 0.15) is 5.75 Å². The Labute approximate surface area is 131 Å². The molecular formula is C15H13BrClNO2. The number of hydrogen-bond acceptors (Lipinski definition) is 2. The lowest BCUT2D eigenvalue weighted by molar-refractivity contribution is -0.122. The van der Waals surface area contributed by atoms with E-state index in [-0.39, 0.29) is 5.91 Å². The third-order valence-corrected chi connectivity index (χ3v) is 3.34. The number of amides is 1. The quantitative estimate of drug-likeness (QED) is 0.877. The van der Waals surface area contributed by atoms with Crippen molar-refractivity contribution >= 4 is 39.1 Å². The second-order valence-corrected chi connectivity index (χ2v) is 5.57. The molecule has 0 saturated heterocycles. The summed E-state index contributed by atoms with van der Waals surface area (Å²) in [6, 6.07) is 14.3. The minimum Gasteiger partial charge on any atom is -0.481 e. The molecule has 0 aliphatic rings. The van der Waals surface area contributed by atoms with E-state index in [0.717, 1.165) is 4.47 Å². The van der Waals surface area contributed by atoms with Crippen molar-refractivity contribution in [2.45, 2.75) is 13.0 Å². The van der Waals surface area contributed by atoms with Crippen LogP contribution in [0.15, 0.2) is 53.0 Å². The second-order valence-electron chi connectivity index (χ2n) is 4.21. The first-order valence-corrected chi connectivity index (χ1v) is 7.20. The van der Waals surface area contributed by atoms with Crippen molar-refractivity contribution in [1.82, 2.24) is 0 Å². The largest absolute Gasteiger partial charge is 0.481 e. The highest BCUT2D eigenvalue weighted by Crippen LogP contribution is 2.19. The molecule has 0 radical (unpaired) electrons. The molecule has 2 aromatic rings. The fourth-order valence-corrected chi connectivity index (χ4v) is 2.08. The highest BCUT2D eigenvalue weighted by atomic mass is 79.9. The Balaban J connectivity index is 1.96. The number of anilines is 1. The third-order valence-electron chi connectivity index (χ3n) is 2.59. The third kappa shape index (κ3) is 4.25. The molecule has 0 saturated carbocycles. The van der Waals surface area contributed by atoms with Crippen LogP contribution in [0.2, 0.25) is 5.02 Å². The number of rotatable bonds is 4. The molecule has 2 aromatic carbocycles. The first-order valence-electron chi connectivity index (χ1n) is 6.03. The van der Waals surface area contributed by atoms with E-state index in [1.54, 1.807) is 37.3 Å². The van der Waals surface area contributed by atoms with Crippen LogP contribution in [0.5, 0.6) is 5.75 Å². The fraction of sp³-hybridized carbons (Fsp3) is 0.133. The molecule has 2 rings (SSSR count). The molecule has 104 valence electrons. The number of hydrogen-bond donors (Lipinski definition) is 1. The SMILES string of the molecule is C[C@@H](Oc1cccc(Br)c1)C(=O)Nc1ccc(Cl)cc1. The van der Waals surface area contributed by atoms with Crippen LogP contribution in [0.4, 0.5) is 5.69 Å². The highest BCUT2D eigenvalue weighted by Gasteiger charge is 2.14. The summed E-state index contributed by atoms with van der Waals surface area (Å²) < 4.78 is 6.49. The van der Waals surface area contributed by atoms with Gasteiger partial charge < -0.3 is 10.1 Å². The van der Waals surface area contributed by atoms with Gasteiger partial charge in [-0.15, -0.1) is 0 Å². The molecule has 3 nitrogen and oxygen atoms in total. The molecule has 0 fully saturated rings. The summed E-state index contributed by atoms with van der Waals surface area (Å²) in [6.45, 7) is 1.70. The van der Waals surface area contributed by atoms with Crippen molar-refractivity contribution in [3.05, 3.63) is 58.0 Å². The van der Waals surface area contributed by atoms with Crippen molar-refractivity contribution in [3.63, 3.8) is 0 Å². The van der Waals surface area contributed by atoms with E-state index in [4.69, 9.17) is 16.3 Å². The minimum absolute atomic E-state index is 0.215. The lowest BCUT2D eigenvalue weighted by atomic mass is 10.3. The smallest absolute Gasteiger partial charge is 0.265 e. The first kappa shape index (κ1) is 14.9. The van der Waals surface area contributed by atoms with Crippen LogP contribution >= 0.6 is 27.5 Å². The zero-order valence-electron chi connectivity index (χ0n) is 10.8. The lowest BCUT2D eigenvalue weighted by Crippen LogP contribution is -2.30. The van der Waals surface area contributed by atoms with Crippen LogP contribution < -0.4 is 10.1 Å². The zero-order chi connectivity index (χ0) is 14.5. The van der Waals surface area contributed by atoms with E-state index < -0.39 is 6.10 Å². The van der Waals surface area contributed by atoms with Crippen LogP contribution in [-0.4, -0.2) is 12.0 Å². The summed E-state index contributed by atoms with van der Waals surface area (Å²) in [7, 11) is 0. The van der Waals surface area contributed by atoms with E-state index in [1.165, 1.54) is 0 Å². The molecule has 0 spiro atoms. The van der Waals surface area contributed by atoms with Gasteiger partial charge in [0.15, 0.2) is 6.10 Å². The van der Waals surface area contributed by atoms with Gasteiger partial charge in [0.25, 0.3) is 5.91 Å². The van der Waals surface area contributed by atoms with Gasteiger partial charge in [-0.3, -0.25) is 4.79 Å². The molecule has 0 heterocycles. The van der Waals surface area contributed by atoms with E-state index in [2.05, 4.69) is 21.2 Å². The molecule has 1 atom stereocenters. The minimum atomic E-state index is -0.597.